The average Bonchev–Trinajstić information content (AvgIpc) is 3.72. The average molecular weight is 782 g/mol. The largest absolute Gasteiger partial charge is 0.310 e. The van der Waals surface area contributed by atoms with Crippen LogP contribution < -0.4 is 4.90 Å². The predicted octanol–water partition coefficient (Wildman–Crippen LogP) is 17.0. The molecule has 0 aliphatic heterocycles. The first-order valence-corrected chi connectivity index (χ1v) is 21.3. The lowest BCUT2D eigenvalue weighted by Gasteiger charge is -2.28. The molecular formula is C58H39NS. The molecule has 60 heavy (non-hydrogen) atoms. The van der Waals surface area contributed by atoms with Crippen LogP contribution in [0.3, 0.4) is 0 Å². The van der Waals surface area contributed by atoms with Gasteiger partial charge in [0.05, 0.1) is 5.69 Å². The van der Waals surface area contributed by atoms with Gasteiger partial charge in [0.2, 0.25) is 0 Å². The van der Waals surface area contributed by atoms with Crippen molar-refractivity contribution in [3.63, 3.8) is 0 Å². The second-order valence-corrected chi connectivity index (χ2v) is 16.4. The highest BCUT2D eigenvalue weighted by Gasteiger charge is 2.19. The van der Waals surface area contributed by atoms with Gasteiger partial charge in [-0.15, -0.1) is 11.3 Å². The molecule has 0 fully saturated rings. The third-order valence-corrected chi connectivity index (χ3v) is 12.8. The Kier molecular flexibility index (Phi) is 9.11. The molecule has 1 aromatic heterocycles. The number of thiophene rings is 1. The molecule has 0 saturated heterocycles. The summed E-state index contributed by atoms with van der Waals surface area (Å²) in [5.74, 6) is 0. The van der Waals surface area contributed by atoms with Crippen LogP contribution in [0, 0.1) is 0 Å². The number of rotatable bonds is 8. The van der Waals surface area contributed by atoms with Crippen LogP contribution in [-0.4, -0.2) is 0 Å². The highest BCUT2D eigenvalue weighted by atomic mass is 32.1. The van der Waals surface area contributed by atoms with Crippen LogP contribution in [0.5, 0.6) is 0 Å². The lowest BCUT2D eigenvalue weighted by atomic mass is 9.94. The minimum atomic E-state index is 1.09. The highest BCUT2D eigenvalue weighted by molar-refractivity contribution is 7.25. The summed E-state index contributed by atoms with van der Waals surface area (Å²) in [7, 11) is 0. The minimum Gasteiger partial charge on any atom is -0.310 e. The Labute approximate surface area is 354 Å². The number of hydrogen-bond donors (Lipinski definition) is 0. The van der Waals surface area contributed by atoms with Crippen LogP contribution in [0.1, 0.15) is 0 Å². The highest BCUT2D eigenvalue weighted by Crippen LogP contribution is 2.44. The summed E-state index contributed by atoms with van der Waals surface area (Å²) in [4.78, 5) is 2.41. The fraction of sp³-hybridized carbons (Fsp3) is 0. The summed E-state index contributed by atoms with van der Waals surface area (Å²) in [6.45, 7) is 0. The number of para-hydroxylation sites is 1. The molecule has 0 amide bonds. The smallest absolute Gasteiger partial charge is 0.0540 e. The van der Waals surface area contributed by atoms with Gasteiger partial charge in [0.1, 0.15) is 0 Å². The Morgan fingerprint density at radius 2 is 0.750 bits per heavy atom. The van der Waals surface area contributed by atoms with E-state index < -0.39 is 0 Å². The van der Waals surface area contributed by atoms with Crippen LogP contribution >= 0.6 is 11.3 Å². The van der Waals surface area contributed by atoms with Crippen LogP contribution in [-0.2, 0) is 0 Å². The maximum absolute atomic E-state index is 2.41. The van der Waals surface area contributed by atoms with Crippen molar-refractivity contribution in [2.24, 2.45) is 0 Å². The van der Waals surface area contributed by atoms with Crippen LogP contribution in [0.2, 0.25) is 0 Å². The van der Waals surface area contributed by atoms with Gasteiger partial charge in [-0.3, -0.25) is 0 Å². The van der Waals surface area contributed by atoms with Crippen LogP contribution in [0.15, 0.2) is 237 Å². The normalized spacial score (nSPS) is 11.3. The molecule has 2 heteroatoms. The van der Waals surface area contributed by atoms with Gasteiger partial charge in [0.25, 0.3) is 0 Å². The molecule has 11 rings (SSSR count). The van der Waals surface area contributed by atoms with Gasteiger partial charge in [0, 0.05) is 37.1 Å². The molecule has 0 N–H and O–H groups in total. The summed E-state index contributed by atoms with van der Waals surface area (Å²) in [6.07, 6.45) is 0. The molecule has 1 heterocycles. The van der Waals surface area contributed by atoms with Gasteiger partial charge >= 0.3 is 0 Å². The fourth-order valence-corrected chi connectivity index (χ4v) is 9.90. The van der Waals surface area contributed by atoms with Crippen molar-refractivity contribution in [2.75, 3.05) is 4.90 Å². The summed E-state index contributed by atoms with van der Waals surface area (Å²) < 4.78 is 2.63. The molecule has 1 nitrogen and oxygen atoms in total. The van der Waals surface area contributed by atoms with E-state index in [0.717, 1.165) is 17.1 Å². The third kappa shape index (κ3) is 6.54. The number of benzene rings is 10. The molecule has 0 atom stereocenters. The predicted molar refractivity (Wildman–Crippen MR) is 259 cm³/mol. The lowest BCUT2D eigenvalue weighted by Crippen LogP contribution is -2.11. The molecule has 0 bridgehead atoms. The van der Waals surface area contributed by atoms with E-state index in [0.29, 0.717) is 0 Å². The standard InChI is InChI=1S/C58H39NS/c1-2-13-40(14-3-1)41-27-29-42(30-28-41)43-31-35-48(36-32-43)59(49-37-33-45(34-38-49)53-23-12-26-57-58(53)54-21-7-9-25-56(54)60-57)55-24-8-6-20-52(55)47-18-10-17-46(39-47)51-22-11-16-44-15-4-5-19-50(44)51/h1-39H. The minimum absolute atomic E-state index is 1.09. The number of hydrogen-bond acceptors (Lipinski definition) is 2. The Bertz CT molecular complexity index is 3280. The first-order chi connectivity index (χ1) is 29.7. The van der Waals surface area contributed by atoms with E-state index in [-0.39, 0.29) is 0 Å². The zero-order valence-corrected chi connectivity index (χ0v) is 33.7. The summed E-state index contributed by atoms with van der Waals surface area (Å²) in [5, 5.41) is 5.14. The number of anilines is 3. The molecule has 0 aliphatic carbocycles. The number of fused-ring (bicyclic) bond motifs is 4. The maximum Gasteiger partial charge on any atom is 0.0540 e. The zero-order chi connectivity index (χ0) is 39.8. The number of nitrogens with zero attached hydrogens (tertiary/aromatic N) is 1. The Balaban J connectivity index is 1.02. The van der Waals surface area contributed by atoms with Crippen molar-refractivity contribution in [1.82, 2.24) is 0 Å². The van der Waals surface area contributed by atoms with E-state index >= 15 is 0 Å². The molecule has 11 aromatic rings. The Morgan fingerprint density at radius 3 is 1.50 bits per heavy atom. The molecule has 0 unspecified atom stereocenters. The molecular weight excluding hydrogens is 743 g/mol. The second kappa shape index (κ2) is 15.3. The van der Waals surface area contributed by atoms with E-state index in [4.69, 9.17) is 0 Å². The van der Waals surface area contributed by atoms with Gasteiger partial charge in [-0.2, -0.15) is 0 Å². The van der Waals surface area contributed by atoms with E-state index in [1.54, 1.807) is 0 Å². The molecule has 10 aromatic carbocycles. The second-order valence-electron chi connectivity index (χ2n) is 15.3. The van der Waals surface area contributed by atoms with E-state index in [1.807, 2.05) is 11.3 Å². The van der Waals surface area contributed by atoms with Crippen LogP contribution in [0.4, 0.5) is 17.1 Å². The Morgan fingerprint density at radius 1 is 0.283 bits per heavy atom. The Hall–Kier alpha value is -7.52. The SMILES string of the molecule is c1ccc(-c2ccc(-c3ccc(N(c4ccc(-c5cccc6sc7ccccc7c56)cc4)c4ccccc4-c4cccc(-c5cccc6ccccc56)c4)cc3)cc2)cc1. The van der Waals surface area contributed by atoms with Crippen LogP contribution in [0.25, 0.3) is 86.6 Å². The molecule has 282 valence electrons. The molecule has 0 saturated carbocycles. The van der Waals surface area contributed by atoms with E-state index in [9.17, 15) is 0 Å². The summed E-state index contributed by atoms with van der Waals surface area (Å²) in [6, 6.07) is 86.1. The zero-order valence-electron chi connectivity index (χ0n) is 32.9. The quantitative estimate of drug-likeness (QED) is 0.148. The fourth-order valence-electron chi connectivity index (χ4n) is 8.77. The van der Waals surface area contributed by atoms with Gasteiger partial charge in [-0.25, -0.2) is 0 Å². The van der Waals surface area contributed by atoms with Crippen molar-refractivity contribution < 1.29 is 0 Å². The van der Waals surface area contributed by atoms with E-state index in [1.165, 1.54) is 86.6 Å². The van der Waals surface area contributed by atoms with Gasteiger partial charge in [0.15, 0.2) is 0 Å². The van der Waals surface area contributed by atoms with Gasteiger partial charge in [-0.1, -0.05) is 188 Å². The van der Waals surface area contributed by atoms with Crippen molar-refractivity contribution in [2.45, 2.75) is 0 Å². The molecule has 0 radical (unpaired) electrons. The van der Waals surface area contributed by atoms with E-state index in [2.05, 4.69) is 241 Å². The first kappa shape index (κ1) is 35.6. The van der Waals surface area contributed by atoms with Crippen molar-refractivity contribution in [1.29, 1.82) is 0 Å². The third-order valence-electron chi connectivity index (χ3n) is 11.7. The topological polar surface area (TPSA) is 3.24 Å². The van der Waals surface area contributed by atoms with Crippen molar-refractivity contribution in [3.8, 4) is 55.6 Å². The maximum atomic E-state index is 2.41. The van der Waals surface area contributed by atoms with Crippen molar-refractivity contribution in [3.05, 3.63) is 237 Å². The lowest BCUT2D eigenvalue weighted by molar-refractivity contribution is 1.28. The van der Waals surface area contributed by atoms with Crippen molar-refractivity contribution >= 4 is 59.3 Å². The molecule has 0 spiro atoms. The van der Waals surface area contributed by atoms with Gasteiger partial charge < -0.3 is 4.90 Å². The molecule has 0 aliphatic rings. The van der Waals surface area contributed by atoms with Gasteiger partial charge in [-0.05, 0) is 109 Å². The first-order valence-electron chi connectivity index (χ1n) is 20.5. The summed E-state index contributed by atoms with van der Waals surface area (Å²) >= 11 is 1.86. The monoisotopic (exact) mass is 781 g/mol. The summed E-state index contributed by atoms with van der Waals surface area (Å²) in [5.41, 5.74) is 15.4.